The number of nitrogens with one attached hydrogen (secondary N) is 1. The summed E-state index contributed by atoms with van der Waals surface area (Å²) < 4.78 is 77.2. The molecule has 0 saturated heterocycles. The van der Waals surface area contributed by atoms with E-state index in [9.17, 15) is 40.7 Å². The van der Waals surface area contributed by atoms with Crippen molar-refractivity contribution in [3.63, 3.8) is 0 Å². The molecule has 0 bridgehead atoms. The lowest BCUT2D eigenvalue weighted by Gasteiger charge is -2.27. The maximum Gasteiger partial charge on any atom is 0.389 e. The molecule has 2 aromatic carbocycles. The van der Waals surface area contributed by atoms with Crippen molar-refractivity contribution in [2.24, 2.45) is 22.6 Å². The molecule has 0 aromatic heterocycles. The van der Waals surface area contributed by atoms with Gasteiger partial charge in [0.15, 0.2) is 0 Å². The van der Waals surface area contributed by atoms with E-state index in [1.807, 2.05) is 0 Å². The average molecular weight is 571 g/mol. The number of primary amides is 1. The molecule has 2 aromatic rings. The molecule has 0 saturated carbocycles. The fourth-order valence-corrected chi connectivity index (χ4v) is 4.58. The van der Waals surface area contributed by atoms with Gasteiger partial charge < -0.3 is 16.0 Å². The number of aliphatic imine (C=N–C) groups is 1. The minimum Gasteiger partial charge on any atom is -0.369 e. The van der Waals surface area contributed by atoms with Gasteiger partial charge in [-0.15, -0.1) is 0 Å². The number of likely N-dealkylation sites (N-methyl/N-ethyl adjacent to an activating group) is 1. The first-order chi connectivity index (χ1) is 18.7. The summed E-state index contributed by atoms with van der Waals surface area (Å²) in [6.45, 7) is 0. The summed E-state index contributed by atoms with van der Waals surface area (Å²) in [5.41, 5.74) is 7.27. The number of carbonyl (C=O) groups excluding carboxylic acids is 3. The van der Waals surface area contributed by atoms with Crippen LogP contribution in [0.2, 0.25) is 0 Å². The summed E-state index contributed by atoms with van der Waals surface area (Å²) in [6.07, 6.45) is -15.8. The maximum absolute atomic E-state index is 13.4. The number of hydrogen-bond acceptors (Lipinski definition) is 4. The second kappa shape index (κ2) is 12.5. The molecule has 0 unspecified atom stereocenters. The number of amides is 3. The number of para-hydroxylation sites is 1. The summed E-state index contributed by atoms with van der Waals surface area (Å²) >= 11 is 0. The third kappa shape index (κ3) is 8.06. The van der Waals surface area contributed by atoms with Crippen molar-refractivity contribution >= 4 is 29.1 Å². The number of halogens is 6. The SMILES string of the molecule is CN1C(=O)[C@@H](NC(=O)[C@H](CCCC(F)(F)F)[C@H](CCC(F)(F)F)C(N)=O)N=C(c2ccccc2)c2ccccc21. The Labute approximate surface area is 226 Å². The van der Waals surface area contributed by atoms with E-state index in [1.54, 1.807) is 54.6 Å². The van der Waals surface area contributed by atoms with E-state index in [-0.39, 0.29) is 0 Å². The Balaban J connectivity index is 1.98. The third-order valence-corrected chi connectivity index (χ3v) is 6.57. The zero-order valence-electron chi connectivity index (χ0n) is 21.4. The standard InChI is InChI=1S/C27H28F6N4O3/c1-37-20-12-6-5-10-19(20)21(16-8-3-2-4-9-16)35-23(25(37)40)36-24(39)18(11-7-14-26(28,29)30)17(22(34)38)13-15-27(31,32)33/h2-6,8-10,12,17-18,23H,7,11,13-15H2,1H3,(H2,34,38)(H,36,39)/t17-,18+,23+/m0/s1. The normalized spacial score (nSPS) is 17.4. The highest BCUT2D eigenvalue weighted by Gasteiger charge is 2.39. The van der Waals surface area contributed by atoms with Crippen molar-refractivity contribution in [3.8, 4) is 0 Å². The van der Waals surface area contributed by atoms with Crippen LogP contribution in [-0.4, -0.2) is 49.0 Å². The molecule has 0 aliphatic carbocycles. The Morgan fingerprint density at radius 3 is 2.12 bits per heavy atom. The maximum atomic E-state index is 13.4. The number of alkyl halides is 6. The van der Waals surface area contributed by atoms with Gasteiger partial charge in [0.05, 0.1) is 11.4 Å². The predicted molar refractivity (Wildman–Crippen MR) is 135 cm³/mol. The topological polar surface area (TPSA) is 105 Å². The number of benzene rings is 2. The fraction of sp³-hybridized carbons (Fsp3) is 0.407. The molecular weight excluding hydrogens is 542 g/mol. The molecule has 3 rings (SSSR count). The van der Waals surface area contributed by atoms with Crippen molar-refractivity contribution in [1.82, 2.24) is 5.32 Å². The zero-order valence-corrected chi connectivity index (χ0v) is 21.4. The van der Waals surface area contributed by atoms with Gasteiger partial charge in [0.2, 0.25) is 18.0 Å². The van der Waals surface area contributed by atoms with E-state index < -0.39 is 80.2 Å². The van der Waals surface area contributed by atoms with Gasteiger partial charge in [0, 0.05) is 42.9 Å². The zero-order chi connectivity index (χ0) is 29.7. The van der Waals surface area contributed by atoms with Crippen molar-refractivity contribution in [1.29, 1.82) is 0 Å². The number of hydrogen-bond donors (Lipinski definition) is 2. The lowest BCUT2D eigenvalue weighted by molar-refractivity contribution is -0.147. The minimum atomic E-state index is -4.69. The molecule has 3 N–H and O–H groups in total. The van der Waals surface area contributed by atoms with Crippen molar-refractivity contribution in [2.45, 2.75) is 50.6 Å². The van der Waals surface area contributed by atoms with Crippen LogP contribution in [-0.2, 0) is 14.4 Å². The molecule has 3 atom stereocenters. The molecule has 216 valence electrons. The summed E-state index contributed by atoms with van der Waals surface area (Å²) in [4.78, 5) is 44.6. The Kier molecular flexibility index (Phi) is 9.59. The number of anilines is 1. The van der Waals surface area contributed by atoms with Gasteiger partial charge in [-0.2, -0.15) is 26.3 Å². The first-order valence-electron chi connectivity index (χ1n) is 12.4. The number of nitrogens with zero attached hydrogens (tertiary/aromatic N) is 2. The van der Waals surface area contributed by atoms with E-state index in [0.717, 1.165) is 0 Å². The molecule has 7 nitrogen and oxygen atoms in total. The molecule has 1 aliphatic heterocycles. The molecule has 1 heterocycles. The van der Waals surface area contributed by atoms with Crippen LogP contribution in [0.5, 0.6) is 0 Å². The van der Waals surface area contributed by atoms with E-state index >= 15 is 0 Å². The monoisotopic (exact) mass is 570 g/mol. The van der Waals surface area contributed by atoms with Crippen LogP contribution < -0.4 is 16.0 Å². The first kappa shape index (κ1) is 30.6. The van der Waals surface area contributed by atoms with Crippen LogP contribution in [0.15, 0.2) is 59.6 Å². The van der Waals surface area contributed by atoms with E-state index in [1.165, 1.54) is 11.9 Å². The number of nitrogens with two attached hydrogens (primary N) is 1. The predicted octanol–water partition coefficient (Wildman–Crippen LogP) is 4.74. The highest BCUT2D eigenvalue weighted by Crippen LogP contribution is 2.32. The minimum absolute atomic E-state index is 0.330. The first-order valence-corrected chi connectivity index (χ1v) is 12.4. The van der Waals surface area contributed by atoms with Gasteiger partial charge in [-0.05, 0) is 25.3 Å². The summed E-state index contributed by atoms with van der Waals surface area (Å²) in [5.74, 6) is -6.43. The molecule has 0 radical (unpaired) electrons. The Morgan fingerprint density at radius 1 is 0.925 bits per heavy atom. The van der Waals surface area contributed by atoms with Crippen LogP contribution in [0.25, 0.3) is 0 Å². The van der Waals surface area contributed by atoms with Gasteiger partial charge in [-0.25, -0.2) is 4.99 Å². The largest absolute Gasteiger partial charge is 0.389 e. The lowest BCUT2D eigenvalue weighted by atomic mass is 9.83. The summed E-state index contributed by atoms with van der Waals surface area (Å²) in [7, 11) is 1.44. The molecule has 13 heteroatoms. The van der Waals surface area contributed by atoms with Gasteiger partial charge >= 0.3 is 12.4 Å². The third-order valence-electron chi connectivity index (χ3n) is 6.57. The van der Waals surface area contributed by atoms with Crippen LogP contribution in [0.4, 0.5) is 32.0 Å². The van der Waals surface area contributed by atoms with Crippen molar-refractivity contribution < 1.29 is 40.7 Å². The molecule has 1 aliphatic rings. The van der Waals surface area contributed by atoms with Crippen LogP contribution >= 0.6 is 0 Å². The molecule has 40 heavy (non-hydrogen) atoms. The number of fused-ring (bicyclic) bond motifs is 1. The van der Waals surface area contributed by atoms with Gasteiger partial charge in [-0.1, -0.05) is 48.5 Å². The van der Waals surface area contributed by atoms with Crippen LogP contribution in [0, 0.1) is 11.8 Å². The Bertz CT molecular complexity index is 1250. The molecular formula is C27H28F6N4O3. The van der Waals surface area contributed by atoms with Crippen molar-refractivity contribution in [3.05, 3.63) is 65.7 Å². The smallest absolute Gasteiger partial charge is 0.369 e. The van der Waals surface area contributed by atoms with E-state index in [0.29, 0.717) is 22.5 Å². The van der Waals surface area contributed by atoms with Gasteiger partial charge in [0.25, 0.3) is 5.91 Å². The van der Waals surface area contributed by atoms with E-state index in [2.05, 4.69) is 10.3 Å². The molecule has 0 fully saturated rings. The molecule has 3 amide bonds. The summed E-state index contributed by atoms with van der Waals surface area (Å²) in [5, 5.41) is 2.37. The highest BCUT2D eigenvalue weighted by molar-refractivity contribution is 6.20. The quantitative estimate of drug-likeness (QED) is 0.404. The van der Waals surface area contributed by atoms with E-state index in [4.69, 9.17) is 5.73 Å². The van der Waals surface area contributed by atoms with Gasteiger partial charge in [0.1, 0.15) is 0 Å². The lowest BCUT2D eigenvalue weighted by Crippen LogP contribution is -2.50. The Morgan fingerprint density at radius 2 is 1.52 bits per heavy atom. The number of carbonyl (C=O) groups is 3. The highest BCUT2D eigenvalue weighted by atomic mass is 19.4. The number of rotatable bonds is 10. The molecule has 0 spiro atoms. The Hall–Kier alpha value is -3.90. The van der Waals surface area contributed by atoms with Gasteiger partial charge in [-0.3, -0.25) is 14.4 Å². The second-order valence-corrected chi connectivity index (χ2v) is 9.45. The van der Waals surface area contributed by atoms with Crippen LogP contribution in [0.1, 0.15) is 43.2 Å². The summed E-state index contributed by atoms with van der Waals surface area (Å²) in [6, 6.07) is 15.5. The van der Waals surface area contributed by atoms with Crippen LogP contribution in [0.3, 0.4) is 0 Å². The average Bonchev–Trinajstić information content (AvgIpc) is 2.97. The van der Waals surface area contributed by atoms with Crippen molar-refractivity contribution in [2.75, 3.05) is 11.9 Å². The number of benzodiazepines with no additional fused rings is 1. The fourth-order valence-electron chi connectivity index (χ4n) is 4.58. The second-order valence-electron chi connectivity index (χ2n) is 9.45.